The van der Waals surface area contributed by atoms with Crippen molar-refractivity contribution in [3.05, 3.63) is 56.0 Å². The van der Waals surface area contributed by atoms with Crippen LogP contribution in [0.4, 0.5) is 5.69 Å². The summed E-state index contributed by atoms with van der Waals surface area (Å²) in [5, 5.41) is 20.2. The molecule has 1 aromatic heterocycles. The van der Waals surface area contributed by atoms with E-state index in [9.17, 15) is 14.9 Å². The van der Waals surface area contributed by atoms with Gasteiger partial charge in [0.05, 0.1) is 48.2 Å². The molecule has 2 aromatic rings. The predicted molar refractivity (Wildman–Crippen MR) is 92.4 cm³/mol. The Morgan fingerprint density at radius 1 is 1.28 bits per heavy atom. The van der Waals surface area contributed by atoms with Crippen molar-refractivity contribution in [1.29, 1.82) is 0 Å². The monoisotopic (exact) mass is 345 g/mol. The molecular formula is C16H19N5O4. The van der Waals surface area contributed by atoms with Crippen molar-refractivity contribution in [3.8, 4) is 5.69 Å². The molecule has 0 bridgehead atoms. The number of hydrogen-bond acceptors (Lipinski definition) is 6. The largest absolute Gasteiger partial charge is 0.378 e. The van der Waals surface area contributed by atoms with Crippen LogP contribution in [-0.4, -0.2) is 51.7 Å². The molecule has 1 aliphatic rings. The number of non-ortho nitro benzene ring substituents is 1. The lowest BCUT2D eigenvalue weighted by Gasteiger charge is -2.24. The highest BCUT2D eigenvalue weighted by atomic mass is 16.6. The summed E-state index contributed by atoms with van der Waals surface area (Å²) in [6.07, 6.45) is 0. The summed E-state index contributed by atoms with van der Waals surface area (Å²) in [6, 6.07) is 5.81. The lowest BCUT2D eigenvalue weighted by atomic mass is 10.2. The molecule has 0 saturated carbocycles. The maximum atomic E-state index is 12.8. The van der Waals surface area contributed by atoms with Gasteiger partial charge in [0.2, 0.25) is 0 Å². The summed E-state index contributed by atoms with van der Waals surface area (Å²) < 4.78 is 6.66. The van der Waals surface area contributed by atoms with E-state index >= 15 is 0 Å². The van der Waals surface area contributed by atoms with Gasteiger partial charge >= 0.3 is 0 Å². The minimum absolute atomic E-state index is 0.0228. The molecule has 1 aromatic carbocycles. The van der Waals surface area contributed by atoms with Crippen LogP contribution >= 0.6 is 0 Å². The maximum Gasteiger partial charge on any atom is 0.280 e. The highest BCUT2D eigenvalue weighted by Crippen LogP contribution is 2.15. The molecular weight excluding hydrogens is 326 g/mol. The highest BCUT2D eigenvalue weighted by Gasteiger charge is 2.17. The Bertz CT molecular complexity index is 860. The van der Waals surface area contributed by atoms with E-state index < -0.39 is 4.92 Å². The van der Waals surface area contributed by atoms with Gasteiger partial charge in [0.15, 0.2) is 0 Å². The number of nitrogens with one attached hydrogen (secondary N) is 1. The number of nitro groups is 1. The molecule has 3 rings (SSSR count). The van der Waals surface area contributed by atoms with E-state index in [1.165, 1.54) is 28.9 Å². The molecule has 9 nitrogen and oxygen atoms in total. The van der Waals surface area contributed by atoms with Crippen molar-refractivity contribution in [2.75, 3.05) is 26.3 Å². The summed E-state index contributed by atoms with van der Waals surface area (Å²) in [4.78, 5) is 23.0. The van der Waals surface area contributed by atoms with E-state index in [1.54, 1.807) is 13.8 Å². The Labute approximate surface area is 143 Å². The Kier molecular flexibility index (Phi) is 4.66. The number of H-pyrrole nitrogens is 1. The second kappa shape index (κ2) is 6.89. The molecule has 1 aliphatic heterocycles. The zero-order chi connectivity index (χ0) is 18.0. The first-order valence-electron chi connectivity index (χ1n) is 7.92. The van der Waals surface area contributed by atoms with Gasteiger partial charge in [0.1, 0.15) is 0 Å². The number of ether oxygens (including phenoxy) is 1. The molecule has 25 heavy (non-hydrogen) atoms. The lowest BCUT2D eigenvalue weighted by molar-refractivity contribution is -0.384. The third-order valence-corrected chi connectivity index (χ3v) is 4.03. The van der Waals surface area contributed by atoms with Crippen LogP contribution in [0, 0.1) is 17.0 Å². The van der Waals surface area contributed by atoms with Crippen molar-refractivity contribution in [3.63, 3.8) is 0 Å². The lowest BCUT2D eigenvalue weighted by Crippen LogP contribution is -2.33. The average Bonchev–Trinajstić information content (AvgIpc) is 2.90. The first-order valence-corrected chi connectivity index (χ1v) is 7.92. The fraction of sp³-hybridized carbons (Fsp3) is 0.375. The molecule has 2 heterocycles. The summed E-state index contributed by atoms with van der Waals surface area (Å²) in [5.74, 6) is 0. The number of nitro benzene ring substituents is 1. The molecule has 1 fully saturated rings. The van der Waals surface area contributed by atoms with Gasteiger partial charge < -0.3 is 4.74 Å². The molecule has 0 amide bonds. The van der Waals surface area contributed by atoms with Crippen molar-refractivity contribution in [2.45, 2.75) is 13.8 Å². The second-order valence-corrected chi connectivity index (χ2v) is 5.78. The van der Waals surface area contributed by atoms with Gasteiger partial charge in [-0.3, -0.25) is 25.0 Å². The van der Waals surface area contributed by atoms with Crippen LogP contribution in [0.5, 0.6) is 0 Å². The molecule has 9 heteroatoms. The summed E-state index contributed by atoms with van der Waals surface area (Å²) >= 11 is 0. The Morgan fingerprint density at radius 2 is 1.92 bits per heavy atom. The van der Waals surface area contributed by atoms with E-state index in [1.807, 2.05) is 5.01 Å². The molecule has 1 N–H and O–H groups in total. The normalized spacial score (nSPS) is 15.4. The van der Waals surface area contributed by atoms with Crippen molar-refractivity contribution >= 4 is 11.4 Å². The second-order valence-electron chi connectivity index (χ2n) is 5.78. The van der Waals surface area contributed by atoms with Gasteiger partial charge in [-0.05, 0) is 26.0 Å². The maximum absolute atomic E-state index is 12.8. The molecule has 0 aliphatic carbocycles. The number of aromatic amines is 1. The summed E-state index contributed by atoms with van der Waals surface area (Å²) in [5.41, 5.74) is 2.10. The smallest absolute Gasteiger partial charge is 0.280 e. The van der Waals surface area contributed by atoms with Gasteiger partial charge in [0, 0.05) is 17.8 Å². The third-order valence-electron chi connectivity index (χ3n) is 4.03. The minimum Gasteiger partial charge on any atom is -0.378 e. The van der Waals surface area contributed by atoms with Crippen LogP contribution in [0.2, 0.25) is 0 Å². The van der Waals surface area contributed by atoms with Gasteiger partial charge in [-0.25, -0.2) is 4.68 Å². The average molecular weight is 345 g/mol. The standard InChI is InChI=1S/C16H19N5O4/c1-11(17-19-7-9-25-10-8-19)15-12(2)18-20(16(15)22)13-3-5-14(6-4-13)21(23)24/h3-6,18H,7-10H2,1-2H3/b17-11+. The van der Waals surface area contributed by atoms with Crippen LogP contribution in [0.1, 0.15) is 18.2 Å². The topological polar surface area (TPSA) is 106 Å². The highest BCUT2D eigenvalue weighted by molar-refractivity contribution is 5.99. The zero-order valence-corrected chi connectivity index (χ0v) is 14.1. The fourth-order valence-electron chi connectivity index (χ4n) is 2.79. The van der Waals surface area contributed by atoms with Gasteiger partial charge in [0.25, 0.3) is 11.2 Å². The van der Waals surface area contributed by atoms with Crippen LogP contribution in [-0.2, 0) is 4.74 Å². The predicted octanol–water partition coefficient (Wildman–Crippen LogP) is 1.44. The molecule has 0 atom stereocenters. The molecule has 0 radical (unpaired) electrons. The van der Waals surface area contributed by atoms with E-state index in [0.29, 0.717) is 49.0 Å². The van der Waals surface area contributed by atoms with Crippen molar-refractivity contribution in [1.82, 2.24) is 14.8 Å². The number of benzene rings is 1. The SMILES string of the molecule is C/C(=N\N1CCOCC1)c1c(C)[nH]n(-c2ccc([N+](=O)[O-])cc2)c1=O. The van der Waals surface area contributed by atoms with Crippen LogP contribution in [0.15, 0.2) is 34.2 Å². The number of aromatic nitrogens is 2. The third kappa shape index (κ3) is 3.45. The number of rotatable bonds is 4. The van der Waals surface area contributed by atoms with Gasteiger partial charge in [-0.15, -0.1) is 0 Å². The minimum atomic E-state index is -0.475. The Hall–Kier alpha value is -2.94. The van der Waals surface area contributed by atoms with Crippen LogP contribution in [0.3, 0.4) is 0 Å². The summed E-state index contributed by atoms with van der Waals surface area (Å²) in [6.45, 7) is 6.23. The Balaban J connectivity index is 1.94. The van der Waals surface area contributed by atoms with E-state index in [2.05, 4.69) is 10.2 Å². The number of nitrogens with zero attached hydrogens (tertiary/aromatic N) is 4. The molecule has 1 saturated heterocycles. The van der Waals surface area contributed by atoms with E-state index in [0.717, 1.165) is 0 Å². The molecule has 0 unspecified atom stereocenters. The summed E-state index contributed by atoms with van der Waals surface area (Å²) in [7, 11) is 0. The number of hydrogen-bond donors (Lipinski definition) is 1. The number of hydrazone groups is 1. The number of morpholine rings is 1. The Morgan fingerprint density at radius 3 is 2.52 bits per heavy atom. The zero-order valence-electron chi connectivity index (χ0n) is 14.1. The molecule has 132 valence electrons. The van der Waals surface area contributed by atoms with Gasteiger partial charge in [-0.1, -0.05) is 0 Å². The number of aryl methyl sites for hydroxylation is 1. The first kappa shape index (κ1) is 16.9. The van der Waals surface area contributed by atoms with E-state index in [4.69, 9.17) is 4.74 Å². The molecule has 0 spiro atoms. The van der Waals surface area contributed by atoms with E-state index in [-0.39, 0.29) is 11.2 Å². The van der Waals surface area contributed by atoms with Crippen molar-refractivity contribution < 1.29 is 9.66 Å². The first-order chi connectivity index (χ1) is 12.0. The van der Waals surface area contributed by atoms with Gasteiger partial charge in [-0.2, -0.15) is 5.10 Å². The van der Waals surface area contributed by atoms with Crippen LogP contribution in [0.25, 0.3) is 5.69 Å². The fourth-order valence-corrected chi connectivity index (χ4v) is 2.79. The quantitative estimate of drug-likeness (QED) is 0.513. The van der Waals surface area contributed by atoms with Crippen molar-refractivity contribution in [2.24, 2.45) is 5.10 Å². The van der Waals surface area contributed by atoms with Crippen LogP contribution < -0.4 is 5.56 Å².